The van der Waals surface area contributed by atoms with E-state index in [1.807, 2.05) is 36.4 Å². The normalized spacial score (nSPS) is 12.0. The quantitative estimate of drug-likeness (QED) is 0.471. The van der Waals surface area contributed by atoms with Crippen LogP contribution in [0.3, 0.4) is 0 Å². The molecule has 4 aromatic rings. The summed E-state index contributed by atoms with van der Waals surface area (Å²) in [4.78, 5) is 29.3. The molecule has 0 fully saturated rings. The zero-order valence-corrected chi connectivity index (χ0v) is 16.9. The Labute approximate surface area is 170 Å². The van der Waals surface area contributed by atoms with Crippen LogP contribution in [0.2, 0.25) is 5.02 Å². The van der Waals surface area contributed by atoms with Crippen molar-refractivity contribution in [3.63, 3.8) is 0 Å². The molecule has 0 saturated carbocycles. The van der Waals surface area contributed by atoms with Gasteiger partial charge in [0.15, 0.2) is 0 Å². The van der Waals surface area contributed by atoms with Crippen LogP contribution in [-0.4, -0.2) is 14.6 Å². The maximum atomic E-state index is 12.7. The van der Waals surface area contributed by atoms with Crippen molar-refractivity contribution >= 4 is 49.9 Å². The summed E-state index contributed by atoms with van der Waals surface area (Å²) in [5, 5.41) is 4.87. The lowest BCUT2D eigenvalue weighted by Crippen LogP contribution is -2.28. The summed E-state index contributed by atoms with van der Waals surface area (Å²) < 4.78 is 2.53. The van der Waals surface area contributed by atoms with Crippen molar-refractivity contribution in [3.8, 4) is 0 Å². The highest BCUT2D eigenvalue weighted by Gasteiger charge is 2.12. The fourth-order valence-corrected chi connectivity index (χ4v) is 4.00. The molecular weight excluding hydrogens is 450 g/mol. The maximum Gasteiger partial charge on any atom is 0.296 e. The maximum absolute atomic E-state index is 12.7. The molecule has 0 bridgehead atoms. The average Bonchev–Trinajstić information content (AvgIpc) is 2.94. The van der Waals surface area contributed by atoms with Crippen molar-refractivity contribution in [2.24, 2.45) is 0 Å². The van der Waals surface area contributed by atoms with Crippen molar-refractivity contribution in [1.82, 2.24) is 14.6 Å². The topological polar surface area (TPSA) is 64.3 Å². The molecule has 0 atom stereocenters. The first kappa shape index (κ1) is 18.0. The first-order chi connectivity index (χ1) is 13.0. The molecule has 27 heavy (non-hydrogen) atoms. The first-order valence-electron chi connectivity index (χ1n) is 7.95. The molecule has 0 aliphatic rings. The van der Waals surface area contributed by atoms with Crippen LogP contribution in [0.5, 0.6) is 0 Å². The Morgan fingerprint density at radius 1 is 1.11 bits per heavy atom. The van der Waals surface area contributed by atoms with Crippen LogP contribution >= 0.6 is 38.9 Å². The fourth-order valence-electron chi connectivity index (χ4n) is 2.58. The highest BCUT2D eigenvalue weighted by molar-refractivity contribution is 9.10. The van der Waals surface area contributed by atoms with Gasteiger partial charge in [0.1, 0.15) is 5.69 Å². The van der Waals surface area contributed by atoms with Gasteiger partial charge in [-0.05, 0) is 35.4 Å². The molecule has 0 amide bonds. The van der Waals surface area contributed by atoms with Gasteiger partial charge in [-0.15, -0.1) is 0 Å². The zero-order valence-electron chi connectivity index (χ0n) is 13.7. The van der Waals surface area contributed by atoms with E-state index in [2.05, 4.69) is 26.0 Å². The second kappa shape index (κ2) is 7.34. The van der Waals surface area contributed by atoms with Gasteiger partial charge in [0.05, 0.1) is 4.53 Å². The number of rotatable bonds is 3. The van der Waals surface area contributed by atoms with Crippen LogP contribution in [0.4, 0.5) is 0 Å². The largest absolute Gasteiger partial charge is 0.296 e. The van der Waals surface area contributed by atoms with Crippen LogP contribution in [-0.2, 0) is 6.42 Å². The Bertz CT molecular complexity index is 1320. The summed E-state index contributed by atoms with van der Waals surface area (Å²) in [6, 6.07) is 14.7. The average molecular weight is 461 g/mol. The Kier molecular flexibility index (Phi) is 4.90. The molecule has 0 radical (unpaired) electrons. The van der Waals surface area contributed by atoms with Gasteiger partial charge in [-0.3, -0.25) is 9.59 Å². The molecule has 8 heteroatoms. The minimum Gasteiger partial charge on any atom is -0.266 e. The van der Waals surface area contributed by atoms with Gasteiger partial charge < -0.3 is 0 Å². The fraction of sp³-hybridized carbons (Fsp3) is 0.0526. The van der Waals surface area contributed by atoms with E-state index < -0.39 is 5.56 Å². The van der Waals surface area contributed by atoms with Gasteiger partial charge in [0.25, 0.3) is 11.1 Å². The number of halogens is 2. The molecule has 0 N–H and O–H groups in total. The lowest BCUT2D eigenvalue weighted by atomic mass is 10.1. The number of aromatic nitrogens is 3. The number of benzene rings is 2. The molecule has 0 aliphatic heterocycles. The summed E-state index contributed by atoms with van der Waals surface area (Å²) >= 11 is 10.5. The molecule has 2 aromatic heterocycles. The summed E-state index contributed by atoms with van der Waals surface area (Å²) in [5.74, 6) is 0. The number of hydrogen-bond acceptors (Lipinski definition) is 5. The third-order valence-electron chi connectivity index (χ3n) is 3.93. The zero-order chi connectivity index (χ0) is 19.0. The first-order valence-corrected chi connectivity index (χ1v) is 9.93. The standard InChI is InChI=1S/C19H11BrClN3O2S/c20-14-4-2-1-3-12(14)10-16-18(26)24-19(27-16)22-17(25)15(23-24)9-11-5-7-13(21)8-6-11/h1-8,10H,9H2/b16-10-. The van der Waals surface area contributed by atoms with Crippen molar-refractivity contribution in [3.05, 3.63) is 100 Å². The lowest BCUT2D eigenvalue weighted by Gasteiger charge is -2.00. The molecule has 4 rings (SSSR count). The van der Waals surface area contributed by atoms with Crippen molar-refractivity contribution in [2.45, 2.75) is 6.42 Å². The third-order valence-corrected chi connectivity index (χ3v) is 5.86. The lowest BCUT2D eigenvalue weighted by molar-refractivity contribution is 0.811. The minimum absolute atomic E-state index is 0.220. The predicted molar refractivity (Wildman–Crippen MR) is 111 cm³/mol. The van der Waals surface area contributed by atoms with E-state index in [1.165, 1.54) is 4.52 Å². The summed E-state index contributed by atoms with van der Waals surface area (Å²) in [6.45, 7) is 0. The van der Waals surface area contributed by atoms with Crippen molar-refractivity contribution < 1.29 is 0 Å². The van der Waals surface area contributed by atoms with E-state index in [4.69, 9.17) is 11.6 Å². The highest BCUT2D eigenvalue weighted by Crippen LogP contribution is 2.16. The number of thiazole rings is 1. The Morgan fingerprint density at radius 2 is 1.85 bits per heavy atom. The molecule has 134 valence electrons. The van der Waals surface area contributed by atoms with Crippen LogP contribution in [0.1, 0.15) is 16.8 Å². The molecule has 5 nitrogen and oxygen atoms in total. The number of hydrogen-bond donors (Lipinski definition) is 0. The molecule has 0 saturated heterocycles. The molecule has 0 aliphatic carbocycles. The van der Waals surface area contributed by atoms with E-state index in [9.17, 15) is 9.59 Å². The summed E-state index contributed by atoms with van der Waals surface area (Å²) in [5.41, 5.74) is 1.23. The molecule has 0 spiro atoms. The Morgan fingerprint density at radius 3 is 2.59 bits per heavy atom. The highest BCUT2D eigenvalue weighted by atomic mass is 79.9. The SMILES string of the molecule is O=c1nc2s/c(=C\c3ccccc3Br)c(=O)n2nc1Cc1ccc(Cl)cc1. The second-order valence-electron chi connectivity index (χ2n) is 5.80. The number of nitrogens with zero attached hydrogens (tertiary/aromatic N) is 3. The minimum atomic E-state index is -0.432. The molecule has 2 aromatic carbocycles. The van der Waals surface area contributed by atoms with Gasteiger partial charge in [-0.1, -0.05) is 69.2 Å². The van der Waals surface area contributed by atoms with Crippen LogP contribution in [0.25, 0.3) is 11.0 Å². The van der Waals surface area contributed by atoms with Gasteiger partial charge in [0, 0.05) is 15.9 Å². The van der Waals surface area contributed by atoms with Crippen LogP contribution in [0.15, 0.2) is 62.6 Å². The van der Waals surface area contributed by atoms with Crippen molar-refractivity contribution in [1.29, 1.82) is 0 Å². The smallest absolute Gasteiger partial charge is 0.266 e. The Hall–Kier alpha value is -2.35. The molecule has 0 unspecified atom stereocenters. The van der Waals surface area contributed by atoms with E-state index in [0.29, 0.717) is 9.55 Å². The van der Waals surface area contributed by atoms with Gasteiger partial charge >= 0.3 is 0 Å². The van der Waals surface area contributed by atoms with E-state index in [1.54, 1.807) is 18.2 Å². The van der Waals surface area contributed by atoms with Gasteiger partial charge in [-0.2, -0.15) is 14.6 Å². The van der Waals surface area contributed by atoms with Crippen molar-refractivity contribution in [2.75, 3.05) is 0 Å². The van der Waals surface area contributed by atoms with Crippen LogP contribution < -0.4 is 15.7 Å². The Balaban J connectivity index is 1.82. The second-order valence-corrected chi connectivity index (χ2v) is 8.10. The van der Waals surface area contributed by atoms with E-state index in [-0.39, 0.29) is 22.6 Å². The summed E-state index contributed by atoms with van der Waals surface area (Å²) in [6.07, 6.45) is 2.04. The van der Waals surface area contributed by atoms with Gasteiger partial charge in [-0.25, -0.2) is 0 Å². The third kappa shape index (κ3) is 3.71. The summed E-state index contributed by atoms with van der Waals surface area (Å²) in [7, 11) is 0. The number of fused-ring (bicyclic) bond motifs is 1. The van der Waals surface area contributed by atoms with E-state index >= 15 is 0 Å². The monoisotopic (exact) mass is 459 g/mol. The molecule has 2 heterocycles. The van der Waals surface area contributed by atoms with Gasteiger partial charge in [0.2, 0.25) is 4.96 Å². The van der Waals surface area contributed by atoms with Crippen LogP contribution in [0, 0.1) is 0 Å². The molecular formula is C19H11BrClN3O2S. The van der Waals surface area contributed by atoms with E-state index in [0.717, 1.165) is 26.9 Å². The predicted octanol–water partition coefficient (Wildman–Crippen LogP) is 3.07.